The van der Waals surface area contributed by atoms with Crippen LogP contribution in [0.3, 0.4) is 0 Å². The molecular weight excluding hydrogens is 399 g/mol. The molecule has 0 radical (unpaired) electrons. The molecule has 1 unspecified atom stereocenters. The second-order valence-corrected chi connectivity index (χ2v) is 7.05. The number of aryl methyl sites for hydroxylation is 1. The van der Waals surface area contributed by atoms with Gasteiger partial charge in [0.1, 0.15) is 24.1 Å². The van der Waals surface area contributed by atoms with Gasteiger partial charge in [-0.2, -0.15) is 5.26 Å². The topological polar surface area (TPSA) is 106 Å². The van der Waals surface area contributed by atoms with E-state index in [2.05, 4.69) is 16.3 Å². The Bertz CT molecular complexity index is 1200. The van der Waals surface area contributed by atoms with E-state index >= 15 is 0 Å². The van der Waals surface area contributed by atoms with Crippen molar-refractivity contribution in [3.8, 4) is 23.4 Å². The van der Waals surface area contributed by atoms with Crippen LogP contribution >= 0.6 is 0 Å². The molecule has 1 aliphatic rings. The predicted molar refractivity (Wildman–Crippen MR) is 111 cm³/mol. The van der Waals surface area contributed by atoms with Crippen LogP contribution < -0.4 is 19.9 Å². The average Bonchev–Trinajstić information content (AvgIpc) is 3.12. The van der Waals surface area contributed by atoms with Crippen LogP contribution in [0, 0.1) is 24.1 Å². The quantitative estimate of drug-likeness (QED) is 0.623. The lowest BCUT2D eigenvalue weighted by Crippen LogP contribution is -2.21. The number of nitrogens with two attached hydrogens (primary N) is 1. The fourth-order valence-electron chi connectivity index (χ4n) is 3.61. The van der Waals surface area contributed by atoms with Gasteiger partial charge in [0.25, 0.3) is 0 Å². The van der Waals surface area contributed by atoms with Crippen molar-refractivity contribution in [3.63, 3.8) is 0 Å². The maximum Gasteiger partial charge on any atom is 0.244 e. The second kappa shape index (κ2) is 8.40. The highest BCUT2D eigenvalue weighted by atomic mass is 19.1. The second-order valence-electron chi connectivity index (χ2n) is 7.05. The van der Waals surface area contributed by atoms with E-state index in [9.17, 15) is 9.65 Å². The van der Waals surface area contributed by atoms with Gasteiger partial charge >= 0.3 is 0 Å². The van der Waals surface area contributed by atoms with Crippen LogP contribution in [0.1, 0.15) is 35.2 Å². The molecule has 8 heteroatoms. The van der Waals surface area contributed by atoms with Crippen LogP contribution in [0.15, 0.2) is 53.9 Å². The summed E-state index contributed by atoms with van der Waals surface area (Å²) in [6.45, 7) is 4.34. The summed E-state index contributed by atoms with van der Waals surface area (Å²) >= 11 is 0. The molecule has 0 saturated heterocycles. The first kappa shape index (κ1) is 20.3. The van der Waals surface area contributed by atoms with E-state index in [-0.39, 0.29) is 18.3 Å². The largest absolute Gasteiger partial charge is 0.490 e. The standard InChI is InChI=1S/C23H21FN4O3/c1-3-29-19-10-15(7-8-18(19)30-12-14-5-4-6-16(24)9-14)21-17(11-25)22(26)31-23-20(21)13(2)27-28-23/h4-10,21H,3,12,26H2,1-2H3,(H,27,28). The zero-order valence-electron chi connectivity index (χ0n) is 17.1. The highest BCUT2D eigenvalue weighted by Crippen LogP contribution is 2.44. The van der Waals surface area contributed by atoms with Gasteiger partial charge in [0.15, 0.2) is 11.5 Å². The molecule has 3 aromatic rings. The average molecular weight is 420 g/mol. The Hall–Kier alpha value is -3.99. The van der Waals surface area contributed by atoms with Gasteiger partial charge in [-0.3, -0.25) is 5.10 Å². The summed E-state index contributed by atoms with van der Waals surface area (Å²) in [4.78, 5) is 0. The number of aromatic amines is 1. The van der Waals surface area contributed by atoms with E-state index in [1.807, 2.05) is 26.0 Å². The lowest BCUT2D eigenvalue weighted by atomic mass is 9.84. The van der Waals surface area contributed by atoms with Crippen molar-refractivity contribution in [1.82, 2.24) is 10.2 Å². The van der Waals surface area contributed by atoms with E-state index in [1.54, 1.807) is 18.2 Å². The maximum absolute atomic E-state index is 13.4. The van der Waals surface area contributed by atoms with Crippen molar-refractivity contribution in [2.75, 3.05) is 6.61 Å². The maximum atomic E-state index is 13.4. The smallest absolute Gasteiger partial charge is 0.244 e. The summed E-state index contributed by atoms with van der Waals surface area (Å²) in [5.41, 5.74) is 9.31. The molecule has 0 fully saturated rings. The fourth-order valence-corrected chi connectivity index (χ4v) is 3.61. The number of halogens is 1. The van der Waals surface area contributed by atoms with Crippen LogP contribution in [0.2, 0.25) is 0 Å². The molecule has 7 nitrogen and oxygen atoms in total. The number of H-pyrrole nitrogens is 1. The summed E-state index contributed by atoms with van der Waals surface area (Å²) in [5, 5.41) is 16.7. The molecule has 31 heavy (non-hydrogen) atoms. The molecule has 4 rings (SSSR count). The molecule has 0 bridgehead atoms. The van der Waals surface area contributed by atoms with E-state index in [4.69, 9.17) is 19.9 Å². The summed E-state index contributed by atoms with van der Waals surface area (Å²) in [6.07, 6.45) is 0. The van der Waals surface area contributed by atoms with Crippen molar-refractivity contribution in [2.24, 2.45) is 5.73 Å². The third kappa shape index (κ3) is 3.90. The van der Waals surface area contributed by atoms with Gasteiger partial charge in [0.05, 0.1) is 12.5 Å². The minimum absolute atomic E-state index is 0.0240. The number of hydrogen-bond acceptors (Lipinski definition) is 6. The fraction of sp³-hybridized carbons (Fsp3) is 0.217. The molecule has 2 heterocycles. The van der Waals surface area contributed by atoms with Crippen LogP contribution in [-0.2, 0) is 6.61 Å². The van der Waals surface area contributed by atoms with Crippen LogP contribution in [0.4, 0.5) is 4.39 Å². The Morgan fingerprint density at radius 3 is 2.81 bits per heavy atom. The summed E-state index contributed by atoms with van der Waals surface area (Å²) < 4.78 is 30.6. The van der Waals surface area contributed by atoms with Gasteiger partial charge in [-0.05, 0) is 49.2 Å². The zero-order valence-corrected chi connectivity index (χ0v) is 17.1. The Balaban J connectivity index is 1.70. The highest BCUT2D eigenvalue weighted by molar-refractivity contribution is 5.57. The lowest BCUT2D eigenvalue weighted by molar-refractivity contribution is 0.268. The molecule has 1 aromatic heterocycles. The Morgan fingerprint density at radius 2 is 2.06 bits per heavy atom. The number of nitrogens with one attached hydrogen (secondary N) is 1. The van der Waals surface area contributed by atoms with E-state index in [1.165, 1.54) is 12.1 Å². The first-order valence-corrected chi connectivity index (χ1v) is 9.78. The van der Waals surface area contributed by atoms with E-state index in [0.29, 0.717) is 35.1 Å². The Kier molecular flexibility index (Phi) is 5.50. The highest BCUT2D eigenvalue weighted by Gasteiger charge is 2.34. The van der Waals surface area contributed by atoms with Gasteiger partial charge < -0.3 is 19.9 Å². The first-order chi connectivity index (χ1) is 15.0. The van der Waals surface area contributed by atoms with E-state index in [0.717, 1.165) is 16.8 Å². The zero-order chi connectivity index (χ0) is 22.0. The number of ether oxygens (including phenoxy) is 3. The Morgan fingerprint density at radius 1 is 1.23 bits per heavy atom. The molecule has 0 spiro atoms. The molecule has 2 aromatic carbocycles. The monoisotopic (exact) mass is 420 g/mol. The lowest BCUT2D eigenvalue weighted by Gasteiger charge is -2.24. The number of aromatic nitrogens is 2. The molecule has 0 amide bonds. The number of rotatable bonds is 6. The summed E-state index contributed by atoms with van der Waals surface area (Å²) in [6, 6.07) is 13.8. The molecule has 0 aliphatic carbocycles. The van der Waals surface area contributed by atoms with Crippen LogP contribution in [0.25, 0.3) is 0 Å². The van der Waals surface area contributed by atoms with Gasteiger partial charge in [-0.15, -0.1) is 5.10 Å². The summed E-state index contributed by atoms with van der Waals surface area (Å²) in [5.74, 6) is 0.631. The molecule has 1 atom stereocenters. The third-order valence-corrected chi connectivity index (χ3v) is 5.01. The van der Waals surface area contributed by atoms with Crippen molar-refractivity contribution in [2.45, 2.75) is 26.4 Å². The SMILES string of the molecule is CCOc1cc(C2C(C#N)=C(N)Oc3n[nH]c(C)c32)ccc1OCc1cccc(F)c1. The molecular formula is C23H21FN4O3. The normalized spacial score (nSPS) is 15.1. The first-order valence-electron chi connectivity index (χ1n) is 9.78. The van der Waals surface area contributed by atoms with Crippen molar-refractivity contribution >= 4 is 0 Å². The third-order valence-electron chi connectivity index (χ3n) is 5.01. The van der Waals surface area contributed by atoms with Crippen molar-refractivity contribution < 1.29 is 18.6 Å². The number of nitriles is 1. The van der Waals surface area contributed by atoms with Gasteiger partial charge in [-0.1, -0.05) is 18.2 Å². The Labute approximate surface area is 178 Å². The van der Waals surface area contributed by atoms with Crippen molar-refractivity contribution in [3.05, 3.63) is 82.1 Å². The predicted octanol–water partition coefficient (Wildman–Crippen LogP) is 4.05. The van der Waals surface area contributed by atoms with E-state index < -0.39 is 5.92 Å². The number of fused-ring (bicyclic) bond motifs is 1. The van der Waals surface area contributed by atoms with Crippen LogP contribution in [0.5, 0.6) is 17.4 Å². The minimum Gasteiger partial charge on any atom is -0.490 e. The van der Waals surface area contributed by atoms with Crippen LogP contribution in [-0.4, -0.2) is 16.8 Å². The molecule has 1 aliphatic heterocycles. The summed E-state index contributed by atoms with van der Waals surface area (Å²) in [7, 11) is 0. The number of allylic oxidation sites excluding steroid dienone is 1. The molecule has 3 N–H and O–H groups in total. The number of nitrogens with zero attached hydrogens (tertiary/aromatic N) is 2. The number of hydrogen-bond donors (Lipinski definition) is 2. The number of benzene rings is 2. The molecule has 158 valence electrons. The van der Waals surface area contributed by atoms with Gasteiger partial charge in [-0.25, -0.2) is 4.39 Å². The van der Waals surface area contributed by atoms with Gasteiger partial charge in [0.2, 0.25) is 11.8 Å². The van der Waals surface area contributed by atoms with Crippen molar-refractivity contribution in [1.29, 1.82) is 5.26 Å². The molecule has 0 saturated carbocycles. The van der Waals surface area contributed by atoms with Gasteiger partial charge in [0, 0.05) is 11.3 Å². The minimum atomic E-state index is -0.455.